The van der Waals surface area contributed by atoms with Crippen LogP contribution in [0.2, 0.25) is 0 Å². The lowest BCUT2D eigenvalue weighted by Gasteiger charge is -2.38. The van der Waals surface area contributed by atoms with Crippen LogP contribution in [0.4, 0.5) is 0 Å². The van der Waals surface area contributed by atoms with Crippen LogP contribution in [0.3, 0.4) is 0 Å². The van der Waals surface area contributed by atoms with Crippen molar-refractivity contribution in [3.05, 3.63) is 52.6 Å². The standard InChI is InChI=1S/C18H19NO6/c1-12-6-15(8-18(21)24-12)25-16-9-19(10-16)17(20)11-23-14-5-3-4-13(7-14)22-2/h3-8,16H,9-11H2,1-2H3. The number of aryl methyl sites for hydroxylation is 1. The Bertz CT molecular complexity index is 809. The van der Waals surface area contributed by atoms with Crippen LogP contribution in [0.1, 0.15) is 5.76 Å². The van der Waals surface area contributed by atoms with Crippen molar-refractivity contribution in [2.45, 2.75) is 13.0 Å². The van der Waals surface area contributed by atoms with Crippen LogP contribution in [0.25, 0.3) is 0 Å². The Hall–Kier alpha value is -2.96. The van der Waals surface area contributed by atoms with Gasteiger partial charge < -0.3 is 23.5 Å². The summed E-state index contributed by atoms with van der Waals surface area (Å²) in [6.45, 7) is 2.55. The lowest BCUT2D eigenvalue weighted by atomic mass is 10.1. The van der Waals surface area contributed by atoms with Gasteiger partial charge in [-0.2, -0.15) is 0 Å². The van der Waals surface area contributed by atoms with Crippen LogP contribution in [-0.2, 0) is 4.79 Å². The van der Waals surface area contributed by atoms with Crippen molar-refractivity contribution in [3.63, 3.8) is 0 Å². The van der Waals surface area contributed by atoms with Gasteiger partial charge in [0.2, 0.25) is 0 Å². The van der Waals surface area contributed by atoms with Gasteiger partial charge in [0.15, 0.2) is 6.61 Å². The molecule has 1 saturated heterocycles. The van der Waals surface area contributed by atoms with Crippen molar-refractivity contribution in [3.8, 4) is 17.2 Å². The van der Waals surface area contributed by atoms with Gasteiger partial charge in [-0.05, 0) is 19.1 Å². The molecule has 7 nitrogen and oxygen atoms in total. The van der Waals surface area contributed by atoms with E-state index in [1.54, 1.807) is 49.3 Å². The van der Waals surface area contributed by atoms with E-state index in [1.807, 2.05) is 0 Å². The lowest BCUT2D eigenvalue weighted by Crippen LogP contribution is -2.57. The number of nitrogens with zero attached hydrogens (tertiary/aromatic N) is 1. The first kappa shape index (κ1) is 16.9. The second kappa shape index (κ2) is 7.29. The molecule has 0 spiro atoms. The summed E-state index contributed by atoms with van der Waals surface area (Å²) in [5.41, 5.74) is -0.450. The Morgan fingerprint density at radius 3 is 2.68 bits per heavy atom. The second-order valence-electron chi connectivity index (χ2n) is 5.73. The highest BCUT2D eigenvalue weighted by atomic mass is 16.5. The van der Waals surface area contributed by atoms with Gasteiger partial charge in [0.1, 0.15) is 29.1 Å². The molecule has 3 rings (SSSR count). The van der Waals surface area contributed by atoms with Crippen molar-refractivity contribution in [1.29, 1.82) is 0 Å². The first-order valence-electron chi connectivity index (χ1n) is 7.86. The molecule has 1 aromatic heterocycles. The SMILES string of the molecule is COc1cccc(OCC(=O)N2CC(Oc3cc(C)oc(=O)c3)C2)c1. The van der Waals surface area contributed by atoms with Crippen molar-refractivity contribution in [1.82, 2.24) is 4.90 Å². The van der Waals surface area contributed by atoms with E-state index in [1.165, 1.54) is 6.07 Å². The van der Waals surface area contributed by atoms with Gasteiger partial charge in [-0.1, -0.05) is 6.07 Å². The number of hydrogen-bond acceptors (Lipinski definition) is 6. The molecular weight excluding hydrogens is 326 g/mol. The third-order valence-corrected chi connectivity index (χ3v) is 3.77. The predicted octanol–water partition coefficient (Wildman–Crippen LogP) is 1.63. The molecule has 0 N–H and O–H groups in total. The highest BCUT2D eigenvalue weighted by Gasteiger charge is 2.32. The number of ether oxygens (including phenoxy) is 3. The molecule has 7 heteroatoms. The van der Waals surface area contributed by atoms with Crippen LogP contribution in [0.15, 0.2) is 45.6 Å². The van der Waals surface area contributed by atoms with E-state index in [-0.39, 0.29) is 18.6 Å². The zero-order valence-corrected chi connectivity index (χ0v) is 14.1. The second-order valence-corrected chi connectivity index (χ2v) is 5.73. The molecule has 0 bridgehead atoms. The van der Waals surface area contributed by atoms with E-state index in [9.17, 15) is 9.59 Å². The lowest BCUT2D eigenvalue weighted by molar-refractivity contribution is -0.142. The highest BCUT2D eigenvalue weighted by Crippen LogP contribution is 2.20. The first-order valence-corrected chi connectivity index (χ1v) is 7.86. The molecule has 0 radical (unpaired) electrons. The fourth-order valence-corrected chi connectivity index (χ4v) is 2.48. The molecule has 0 saturated carbocycles. The summed E-state index contributed by atoms with van der Waals surface area (Å²) >= 11 is 0. The third-order valence-electron chi connectivity index (χ3n) is 3.77. The molecule has 2 heterocycles. The molecule has 1 fully saturated rings. The number of likely N-dealkylation sites (tertiary alicyclic amines) is 1. The summed E-state index contributed by atoms with van der Waals surface area (Å²) < 4.78 is 21.1. The van der Waals surface area contributed by atoms with Gasteiger partial charge in [0.25, 0.3) is 5.91 Å². The number of benzene rings is 1. The maximum Gasteiger partial charge on any atom is 0.339 e. The van der Waals surface area contributed by atoms with Crippen molar-refractivity contribution in [2.24, 2.45) is 0 Å². The van der Waals surface area contributed by atoms with Crippen molar-refractivity contribution >= 4 is 5.91 Å². The minimum absolute atomic E-state index is 0.0477. The Morgan fingerprint density at radius 2 is 1.96 bits per heavy atom. The van der Waals surface area contributed by atoms with E-state index in [0.29, 0.717) is 36.1 Å². The van der Waals surface area contributed by atoms with E-state index in [2.05, 4.69) is 0 Å². The molecule has 1 aliphatic heterocycles. The molecule has 1 amide bonds. The molecule has 1 aliphatic rings. The quantitative estimate of drug-likeness (QED) is 0.792. The van der Waals surface area contributed by atoms with Gasteiger partial charge in [-0.3, -0.25) is 4.79 Å². The minimum atomic E-state index is -0.450. The highest BCUT2D eigenvalue weighted by molar-refractivity contribution is 5.78. The van der Waals surface area contributed by atoms with Gasteiger partial charge in [-0.25, -0.2) is 4.79 Å². The number of carbonyl (C=O) groups is 1. The van der Waals surface area contributed by atoms with E-state index in [4.69, 9.17) is 18.6 Å². The molecule has 0 atom stereocenters. The summed E-state index contributed by atoms with van der Waals surface area (Å²) in [4.78, 5) is 25.1. The fourth-order valence-electron chi connectivity index (χ4n) is 2.48. The minimum Gasteiger partial charge on any atom is -0.497 e. The topological polar surface area (TPSA) is 78.2 Å². The molecule has 1 aromatic carbocycles. The monoisotopic (exact) mass is 345 g/mol. The molecular formula is C18H19NO6. The average Bonchev–Trinajstić information content (AvgIpc) is 2.55. The Labute approximate surface area is 144 Å². The zero-order chi connectivity index (χ0) is 17.8. The maximum absolute atomic E-state index is 12.1. The van der Waals surface area contributed by atoms with Gasteiger partial charge >= 0.3 is 5.63 Å². The largest absolute Gasteiger partial charge is 0.497 e. The number of hydrogen-bond donors (Lipinski definition) is 0. The van der Waals surface area contributed by atoms with E-state index < -0.39 is 5.63 Å². The van der Waals surface area contributed by atoms with Crippen LogP contribution < -0.4 is 19.8 Å². The fraction of sp³-hybridized carbons (Fsp3) is 0.333. The Balaban J connectivity index is 1.45. The van der Waals surface area contributed by atoms with Crippen molar-refractivity contribution in [2.75, 3.05) is 26.8 Å². The van der Waals surface area contributed by atoms with Crippen LogP contribution in [0, 0.1) is 6.92 Å². The predicted molar refractivity (Wildman–Crippen MR) is 89.2 cm³/mol. The molecule has 2 aromatic rings. The van der Waals surface area contributed by atoms with E-state index >= 15 is 0 Å². The van der Waals surface area contributed by atoms with Gasteiger partial charge in [-0.15, -0.1) is 0 Å². The number of methoxy groups -OCH3 is 1. The van der Waals surface area contributed by atoms with Crippen LogP contribution in [-0.4, -0.2) is 43.7 Å². The molecule has 0 unspecified atom stereocenters. The van der Waals surface area contributed by atoms with Crippen molar-refractivity contribution < 1.29 is 23.4 Å². The summed E-state index contributed by atoms with van der Waals surface area (Å²) in [6, 6.07) is 10.0. The van der Waals surface area contributed by atoms with Gasteiger partial charge in [0, 0.05) is 12.1 Å². The molecule has 0 aliphatic carbocycles. The molecule has 25 heavy (non-hydrogen) atoms. The maximum atomic E-state index is 12.1. The van der Waals surface area contributed by atoms with Crippen LogP contribution >= 0.6 is 0 Å². The summed E-state index contributed by atoms with van der Waals surface area (Å²) in [5.74, 6) is 2.07. The summed E-state index contributed by atoms with van der Waals surface area (Å²) in [6.07, 6.45) is -0.137. The van der Waals surface area contributed by atoms with Gasteiger partial charge in [0.05, 0.1) is 26.3 Å². The normalized spacial score (nSPS) is 13.9. The zero-order valence-electron chi connectivity index (χ0n) is 14.1. The molecule has 132 valence electrons. The smallest absolute Gasteiger partial charge is 0.339 e. The number of carbonyl (C=O) groups excluding carboxylic acids is 1. The summed E-state index contributed by atoms with van der Waals surface area (Å²) in [7, 11) is 1.57. The third kappa shape index (κ3) is 4.32. The average molecular weight is 345 g/mol. The number of rotatable bonds is 6. The number of amides is 1. The Morgan fingerprint density at radius 1 is 1.20 bits per heavy atom. The van der Waals surface area contributed by atoms with Crippen LogP contribution in [0.5, 0.6) is 17.2 Å². The first-order chi connectivity index (χ1) is 12.0. The Kier molecular flexibility index (Phi) is 4.92. The van der Waals surface area contributed by atoms with E-state index in [0.717, 1.165) is 0 Å². The summed E-state index contributed by atoms with van der Waals surface area (Å²) in [5, 5.41) is 0.